The van der Waals surface area contributed by atoms with E-state index in [0.29, 0.717) is 36.8 Å². The highest BCUT2D eigenvalue weighted by atomic mass is 79.9. The third kappa shape index (κ3) is 5.53. The van der Waals surface area contributed by atoms with Crippen LogP contribution in [0, 0.1) is 13.8 Å². The first kappa shape index (κ1) is 22.3. The van der Waals surface area contributed by atoms with Gasteiger partial charge in [0, 0.05) is 35.3 Å². The molecule has 1 aromatic heterocycles. The Bertz CT molecular complexity index is 874. The van der Waals surface area contributed by atoms with Crippen LogP contribution < -0.4 is 10.6 Å². The van der Waals surface area contributed by atoms with Crippen molar-refractivity contribution >= 4 is 45.0 Å². The summed E-state index contributed by atoms with van der Waals surface area (Å²) in [5.41, 5.74) is 3.30. The molecule has 0 bridgehead atoms. The highest BCUT2D eigenvalue weighted by Crippen LogP contribution is 2.29. The van der Waals surface area contributed by atoms with Crippen molar-refractivity contribution in [1.29, 1.82) is 0 Å². The lowest BCUT2D eigenvalue weighted by molar-refractivity contribution is 0.0935. The molecular weight excluding hydrogens is 446 g/mol. The number of hydrogen-bond donors (Lipinski definition) is 2. The summed E-state index contributed by atoms with van der Waals surface area (Å²) in [4.78, 5) is 29.8. The first-order chi connectivity index (χ1) is 13.4. The Kier molecular flexibility index (Phi) is 8.41. The molecule has 0 spiro atoms. The lowest BCUT2D eigenvalue weighted by Crippen LogP contribution is -2.29. The van der Waals surface area contributed by atoms with E-state index in [1.54, 1.807) is 26.2 Å². The van der Waals surface area contributed by atoms with Gasteiger partial charge in [-0.05, 0) is 44.0 Å². The molecule has 2 N–H and O–H groups in total. The van der Waals surface area contributed by atoms with Gasteiger partial charge in [-0.2, -0.15) is 0 Å². The van der Waals surface area contributed by atoms with Gasteiger partial charge >= 0.3 is 0 Å². The van der Waals surface area contributed by atoms with Crippen molar-refractivity contribution in [2.75, 3.05) is 24.9 Å². The quantitative estimate of drug-likeness (QED) is 0.449. The van der Waals surface area contributed by atoms with E-state index >= 15 is 0 Å². The maximum Gasteiger partial charge on any atom is 0.270 e. The Balaban J connectivity index is 2.35. The number of ether oxygens (including phenoxy) is 1. The molecule has 0 saturated heterocycles. The molecule has 2 aromatic rings. The van der Waals surface area contributed by atoms with Crippen LogP contribution >= 0.6 is 27.5 Å². The number of alkyl halides is 1. The standard InChI is InChI=1S/C20H23BrClN3O3/c1-12-5-8-16(21)15(11-28-3)17(12)25-19(26)14-7-6-13(2)24-18(14)20(27)23-10-4-9-22/h5-8H,4,9-11H2,1-3H3,(H,23,27)(H,25,26). The Hall–Kier alpha value is -1.96. The van der Waals surface area contributed by atoms with Gasteiger partial charge in [0.05, 0.1) is 17.9 Å². The van der Waals surface area contributed by atoms with Crippen LogP contribution in [0.1, 0.15) is 44.1 Å². The number of hydrogen-bond acceptors (Lipinski definition) is 4. The van der Waals surface area contributed by atoms with E-state index < -0.39 is 11.8 Å². The van der Waals surface area contributed by atoms with Gasteiger partial charge in [0.1, 0.15) is 5.69 Å². The molecule has 1 aromatic carbocycles. The maximum absolute atomic E-state index is 13.0. The summed E-state index contributed by atoms with van der Waals surface area (Å²) >= 11 is 9.14. The Morgan fingerprint density at radius 1 is 1.18 bits per heavy atom. The number of nitrogens with one attached hydrogen (secondary N) is 2. The van der Waals surface area contributed by atoms with E-state index in [2.05, 4.69) is 31.5 Å². The largest absolute Gasteiger partial charge is 0.380 e. The summed E-state index contributed by atoms with van der Waals surface area (Å²) in [6.45, 7) is 4.41. The molecule has 2 rings (SSSR count). The number of aryl methyl sites for hydroxylation is 2. The minimum atomic E-state index is -0.409. The zero-order valence-corrected chi connectivity index (χ0v) is 18.4. The van der Waals surface area contributed by atoms with E-state index in [1.807, 2.05) is 19.1 Å². The summed E-state index contributed by atoms with van der Waals surface area (Å²) < 4.78 is 6.09. The fraction of sp³-hybridized carbons (Fsp3) is 0.350. The fourth-order valence-electron chi connectivity index (χ4n) is 2.65. The lowest BCUT2D eigenvalue weighted by atomic mass is 10.1. The number of rotatable bonds is 8. The number of carbonyl (C=O) groups is 2. The topological polar surface area (TPSA) is 80.3 Å². The number of methoxy groups -OCH3 is 1. The number of carbonyl (C=O) groups excluding carboxylic acids is 2. The first-order valence-corrected chi connectivity index (χ1v) is 10.1. The van der Waals surface area contributed by atoms with Crippen LogP contribution in [0.25, 0.3) is 0 Å². The molecule has 2 amide bonds. The number of halogens is 2. The average Bonchev–Trinajstić information content (AvgIpc) is 2.67. The van der Waals surface area contributed by atoms with E-state index in [0.717, 1.165) is 15.6 Å². The van der Waals surface area contributed by atoms with Crippen LogP contribution in [0.4, 0.5) is 5.69 Å². The zero-order chi connectivity index (χ0) is 20.7. The Morgan fingerprint density at radius 2 is 1.93 bits per heavy atom. The summed E-state index contributed by atoms with van der Waals surface area (Å²) in [5, 5.41) is 5.66. The molecule has 6 nitrogen and oxygen atoms in total. The fourth-order valence-corrected chi connectivity index (χ4v) is 3.22. The maximum atomic E-state index is 13.0. The van der Waals surface area contributed by atoms with E-state index in [9.17, 15) is 9.59 Å². The number of benzene rings is 1. The molecule has 1 heterocycles. The number of pyridine rings is 1. The van der Waals surface area contributed by atoms with Gasteiger partial charge in [-0.25, -0.2) is 4.98 Å². The van der Waals surface area contributed by atoms with E-state index in [4.69, 9.17) is 16.3 Å². The van der Waals surface area contributed by atoms with Crippen molar-refractivity contribution in [3.8, 4) is 0 Å². The summed E-state index contributed by atoms with van der Waals surface area (Å²) in [6, 6.07) is 7.11. The predicted octanol–water partition coefficient (Wildman–Crippen LogP) is 4.22. The number of amides is 2. The molecule has 0 radical (unpaired) electrons. The van der Waals surface area contributed by atoms with Gasteiger partial charge in [0.15, 0.2) is 0 Å². The van der Waals surface area contributed by atoms with Gasteiger partial charge < -0.3 is 15.4 Å². The Labute approximate surface area is 178 Å². The van der Waals surface area contributed by atoms with Crippen molar-refractivity contribution in [3.05, 3.63) is 56.8 Å². The average molecular weight is 469 g/mol. The third-order valence-electron chi connectivity index (χ3n) is 4.08. The SMILES string of the molecule is COCc1c(Br)ccc(C)c1NC(=O)c1ccc(C)nc1C(=O)NCCCCl. The summed E-state index contributed by atoms with van der Waals surface area (Å²) in [5.74, 6) is -0.366. The smallest absolute Gasteiger partial charge is 0.270 e. The molecule has 0 aliphatic rings. The lowest BCUT2D eigenvalue weighted by Gasteiger charge is -2.16. The highest BCUT2D eigenvalue weighted by Gasteiger charge is 2.21. The first-order valence-electron chi connectivity index (χ1n) is 8.79. The van der Waals surface area contributed by atoms with Crippen molar-refractivity contribution in [2.45, 2.75) is 26.9 Å². The van der Waals surface area contributed by atoms with Crippen LogP contribution in [0.3, 0.4) is 0 Å². The van der Waals surface area contributed by atoms with E-state index in [1.165, 1.54) is 0 Å². The predicted molar refractivity (Wildman–Crippen MR) is 114 cm³/mol. The van der Waals surface area contributed by atoms with Crippen molar-refractivity contribution in [2.24, 2.45) is 0 Å². The van der Waals surface area contributed by atoms with Crippen LogP contribution in [-0.4, -0.2) is 36.3 Å². The minimum Gasteiger partial charge on any atom is -0.380 e. The molecule has 28 heavy (non-hydrogen) atoms. The monoisotopic (exact) mass is 467 g/mol. The molecule has 0 saturated carbocycles. The van der Waals surface area contributed by atoms with Crippen LogP contribution in [-0.2, 0) is 11.3 Å². The second-order valence-corrected chi connectivity index (χ2v) is 7.48. The van der Waals surface area contributed by atoms with Crippen LogP contribution in [0.15, 0.2) is 28.7 Å². The highest BCUT2D eigenvalue weighted by molar-refractivity contribution is 9.10. The van der Waals surface area contributed by atoms with Gasteiger partial charge in [-0.3, -0.25) is 9.59 Å². The Morgan fingerprint density at radius 3 is 2.61 bits per heavy atom. The molecule has 0 aliphatic carbocycles. The van der Waals surface area contributed by atoms with Crippen LogP contribution in [0.5, 0.6) is 0 Å². The van der Waals surface area contributed by atoms with Crippen molar-refractivity contribution in [1.82, 2.24) is 10.3 Å². The van der Waals surface area contributed by atoms with E-state index in [-0.39, 0.29) is 11.3 Å². The van der Waals surface area contributed by atoms with Gasteiger partial charge in [0.25, 0.3) is 11.8 Å². The molecule has 0 aliphatic heterocycles. The molecule has 0 unspecified atom stereocenters. The van der Waals surface area contributed by atoms with Crippen LogP contribution in [0.2, 0.25) is 0 Å². The third-order valence-corrected chi connectivity index (χ3v) is 5.09. The molecule has 0 atom stereocenters. The molecule has 150 valence electrons. The van der Waals surface area contributed by atoms with Crippen molar-refractivity contribution in [3.63, 3.8) is 0 Å². The normalized spacial score (nSPS) is 10.6. The number of aromatic nitrogens is 1. The zero-order valence-electron chi connectivity index (χ0n) is 16.1. The van der Waals surface area contributed by atoms with Gasteiger partial charge in [-0.15, -0.1) is 11.6 Å². The molecule has 8 heteroatoms. The second kappa shape index (κ2) is 10.5. The molecular formula is C20H23BrClN3O3. The number of anilines is 1. The minimum absolute atomic E-state index is 0.0908. The summed E-state index contributed by atoms with van der Waals surface area (Å²) in [7, 11) is 1.59. The number of nitrogens with zero attached hydrogens (tertiary/aromatic N) is 1. The molecule has 0 fully saturated rings. The summed E-state index contributed by atoms with van der Waals surface area (Å²) in [6.07, 6.45) is 0.637. The van der Waals surface area contributed by atoms with Gasteiger partial charge in [0.2, 0.25) is 0 Å². The van der Waals surface area contributed by atoms with Crippen molar-refractivity contribution < 1.29 is 14.3 Å². The van der Waals surface area contributed by atoms with Gasteiger partial charge in [-0.1, -0.05) is 22.0 Å². The second-order valence-electron chi connectivity index (χ2n) is 6.25.